The summed E-state index contributed by atoms with van der Waals surface area (Å²) < 4.78 is 13.2. The summed E-state index contributed by atoms with van der Waals surface area (Å²) >= 11 is 0. The van der Waals surface area contributed by atoms with Gasteiger partial charge in [-0.25, -0.2) is 4.39 Å². The Hall–Kier alpha value is -2.24. The van der Waals surface area contributed by atoms with Crippen LogP contribution in [-0.2, 0) is 6.54 Å². The molecule has 0 atom stereocenters. The molecule has 2 aromatic heterocycles. The van der Waals surface area contributed by atoms with Crippen LogP contribution < -0.4 is 5.32 Å². The number of hydrogen-bond donors (Lipinski definition) is 2. The van der Waals surface area contributed by atoms with Crippen LogP contribution in [0.4, 0.5) is 4.39 Å². The van der Waals surface area contributed by atoms with E-state index in [2.05, 4.69) is 20.5 Å². The van der Waals surface area contributed by atoms with Crippen LogP contribution in [0.2, 0.25) is 0 Å². The lowest BCUT2D eigenvalue weighted by molar-refractivity contribution is 0.0946. The molecule has 0 fully saturated rings. The molecular weight excluding hydrogens is 223 g/mol. The maximum atomic E-state index is 13.2. The molecular formula is C11H11FN4O. The predicted molar refractivity (Wildman–Crippen MR) is 58.7 cm³/mol. The number of hydrogen-bond acceptors (Lipinski definition) is 3. The Balaban J connectivity index is 2.04. The fourth-order valence-corrected chi connectivity index (χ4v) is 1.38. The molecule has 2 heterocycles. The van der Waals surface area contributed by atoms with Gasteiger partial charge in [0.2, 0.25) is 0 Å². The molecule has 0 aromatic carbocycles. The third-order valence-corrected chi connectivity index (χ3v) is 2.39. The number of carbonyl (C=O) groups is 1. The Labute approximate surface area is 97.1 Å². The van der Waals surface area contributed by atoms with E-state index >= 15 is 0 Å². The summed E-state index contributed by atoms with van der Waals surface area (Å²) in [6.45, 7) is 2.16. The smallest absolute Gasteiger partial charge is 0.254 e. The van der Waals surface area contributed by atoms with E-state index in [4.69, 9.17) is 0 Å². The maximum Gasteiger partial charge on any atom is 0.254 e. The van der Waals surface area contributed by atoms with Crippen LogP contribution in [0.15, 0.2) is 24.7 Å². The number of pyridine rings is 1. The van der Waals surface area contributed by atoms with E-state index in [0.717, 1.165) is 17.5 Å². The van der Waals surface area contributed by atoms with Gasteiger partial charge in [0.25, 0.3) is 5.91 Å². The summed E-state index contributed by atoms with van der Waals surface area (Å²) in [6, 6.07) is 1.34. The normalized spacial score (nSPS) is 10.2. The number of carbonyl (C=O) groups excluding carboxylic acids is 1. The van der Waals surface area contributed by atoms with Crippen molar-refractivity contribution in [1.82, 2.24) is 20.5 Å². The Morgan fingerprint density at radius 3 is 3.00 bits per heavy atom. The average Bonchev–Trinajstić information content (AvgIpc) is 2.72. The van der Waals surface area contributed by atoms with Crippen molar-refractivity contribution in [2.24, 2.45) is 0 Å². The third kappa shape index (κ3) is 2.47. The zero-order valence-electron chi connectivity index (χ0n) is 9.20. The average molecular weight is 234 g/mol. The molecule has 2 aromatic rings. The van der Waals surface area contributed by atoms with Crippen molar-refractivity contribution in [3.05, 3.63) is 47.3 Å². The minimum Gasteiger partial charge on any atom is -0.348 e. The fourth-order valence-electron chi connectivity index (χ4n) is 1.38. The van der Waals surface area contributed by atoms with Gasteiger partial charge in [0.05, 0.1) is 18.0 Å². The van der Waals surface area contributed by atoms with Crippen molar-refractivity contribution >= 4 is 5.91 Å². The highest BCUT2D eigenvalue weighted by molar-refractivity contribution is 5.94. The summed E-state index contributed by atoms with van der Waals surface area (Å²) in [5.41, 5.74) is 1.73. The highest BCUT2D eigenvalue weighted by atomic mass is 19.1. The number of nitrogens with zero attached hydrogens (tertiary/aromatic N) is 2. The van der Waals surface area contributed by atoms with Crippen molar-refractivity contribution in [3.63, 3.8) is 0 Å². The fraction of sp³-hybridized carbons (Fsp3) is 0.182. The molecule has 1 amide bonds. The van der Waals surface area contributed by atoms with Crippen LogP contribution in [0, 0.1) is 12.7 Å². The Morgan fingerprint density at radius 1 is 1.53 bits per heavy atom. The number of nitrogens with one attached hydrogen (secondary N) is 2. The van der Waals surface area contributed by atoms with Crippen molar-refractivity contribution in [2.75, 3.05) is 0 Å². The molecule has 0 aliphatic carbocycles. The molecule has 0 radical (unpaired) electrons. The number of halogens is 1. The van der Waals surface area contributed by atoms with Gasteiger partial charge in [-0.3, -0.25) is 14.9 Å². The van der Waals surface area contributed by atoms with Gasteiger partial charge in [0, 0.05) is 24.0 Å². The molecule has 2 rings (SSSR count). The summed E-state index contributed by atoms with van der Waals surface area (Å²) in [5, 5.41) is 9.20. The molecule has 5 nitrogen and oxygen atoms in total. The number of aromatic nitrogens is 3. The zero-order valence-corrected chi connectivity index (χ0v) is 9.20. The molecule has 0 unspecified atom stereocenters. The topological polar surface area (TPSA) is 70.7 Å². The van der Waals surface area contributed by atoms with E-state index in [-0.39, 0.29) is 5.56 Å². The monoisotopic (exact) mass is 234 g/mol. The van der Waals surface area contributed by atoms with Crippen LogP contribution in [0.5, 0.6) is 0 Å². The van der Waals surface area contributed by atoms with E-state index in [0.29, 0.717) is 6.54 Å². The van der Waals surface area contributed by atoms with Crippen LogP contribution >= 0.6 is 0 Å². The molecule has 2 N–H and O–H groups in total. The molecule has 88 valence electrons. The molecule has 6 heteroatoms. The van der Waals surface area contributed by atoms with Crippen LogP contribution in [0.1, 0.15) is 21.6 Å². The second kappa shape index (κ2) is 4.73. The Morgan fingerprint density at radius 2 is 2.35 bits per heavy atom. The standard InChI is InChI=1S/C11H11FN4O/c1-7-8(5-15-16-7)4-14-11(17)9-2-3-13-6-10(9)12/h2-3,5-6H,4H2,1H3,(H,14,17)(H,15,16). The number of rotatable bonds is 3. The lowest BCUT2D eigenvalue weighted by atomic mass is 10.2. The molecule has 0 bridgehead atoms. The summed E-state index contributed by atoms with van der Waals surface area (Å²) in [5.74, 6) is -1.10. The van der Waals surface area contributed by atoms with E-state index < -0.39 is 11.7 Å². The van der Waals surface area contributed by atoms with Crippen LogP contribution in [-0.4, -0.2) is 21.1 Å². The van der Waals surface area contributed by atoms with Gasteiger partial charge >= 0.3 is 0 Å². The lowest BCUT2D eigenvalue weighted by Crippen LogP contribution is -2.24. The van der Waals surface area contributed by atoms with Gasteiger partial charge in [0.1, 0.15) is 0 Å². The second-order valence-electron chi connectivity index (χ2n) is 3.56. The number of H-pyrrole nitrogens is 1. The highest BCUT2D eigenvalue weighted by Gasteiger charge is 2.11. The van der Waals surface area contributed by atoms with Gasteiger partial charge in [0.15, 0.2) is 5.82 Å². The van der Waals surface area contributed by atoms with E-state index in [9.17, 15) is 9.18 Å². The van der Waals surface area contributed by atoms with E-state index in [1.165, 1.54) is 12.3 Å². The zero-order chi connectivity index (χ0) is 12.3. The first-order chi connectivity index (χ1) is 8.18. The number of amides is 1. The molecule has 0 spiro atoms. The largest absolute Gasteiger partial charge is 0.348 e. The molecule has 17 heavy (non-hydrogen) atoms. The van der Waals surface area contributed by atoms with E-state index in [1.807, 2.05) is 6.92 Å². The number of aryl methyl sites for hydroxylation is 1. The van der Waals surface area contributed by atoms with Crippen molar-refractivity contribution < 1.29 is 9.18 Å². The van der Waals surface area contributed by atoms with E-state index in [1.54, 1.807) is 6.20 Å². The summed E-state index contributed by atoms with van der Waals surface area (Å²) in [7, 11) is 0. The molecule has 0 aliphatic heterocycles. The maximum absolute atomic E-state index is 13.2. The van der Waals surface area contributed by atoms with Gasteiger partial charge in [-0.1, -0.05) is 0 Å². The molecule has 0 saturated heterocycles. The molecule has 0 aliphatic rings. The minimum atomic E-state index is -0.631. The first-order valence-corrected chi connectivity index (χ1v) is 5.05. The highest BCUT2D eigenvalue weighted by Crippen LogP contribution is 2.06. The quantitative estimate of drug-likeness (QED) is 0.837. The third-order valence-electron chi connectivity index (χ3n) is 2.39. The Bertz CT molecular complexity index is 538. The van der Waals surface area contributed by atoms with Gasteiger partial charge < -0.3 is 5.32 Å². The Kier molecular flexibility index (Phi) is 3.13. The summed E-state index contributed by atoms with van der Waals surface area (Å²) in [6.07, 6.45) is 4.01. The molecule has 0 saturated carbocycles. The van der Waals surface area contributed by atoms with Crippen molar-refractivity contribution in [2.45, 2.75) is 13.5 Å². The van der Waals surface area contributed by atoms with Gasteiger partial charge in [-0.05, 0) is 13.0 Å². The van der Waals surface area contributed by atoms with Crippen LogP contribution in [0.25, 0.3) is 0 Å². The first kappa shape index (κ1) is 11.3. The summed E-state index contributed by atoms with van der Waals surface area (Å²) in [4.78, 5) is 15.2. The SMILES string of the molecule is Cc1[nH]ncc1CNC(=O)c1ccncc1F. The van der Waals surface area contributed by atoms with Crippen LogP contribution in [0.3, 0.4) is 0 Å². The van der Waals surface area contributed by atoms with Gasteiger partial charge in [-0.2, -0.15) is 5.10 Å². The van der Waals surface area contributed by atoms with Gasteiger partial charge in [-0.15, -0.1) is 0 Å². The first-order valence-electron chi connectivity index (χ1n) is 5.05. The van der Waals surface area contributed by atoms with Crippen molar-refractivity contribution in [1.29, 1.82) is 0 Å². The predicted octanol–water partition coefficient (Wildman–Crippen LogP) is 1.18. The lowest BCUT2D eigenvalue weighted by Gasteiger charge is -2.04. The minimum absolute atomic E-state index is 0.0128. The second-order valence-corrected chi connectivity index (χ2v) is 3.56. The van der Waals surface area contributed by atoms with Crippen molar-refractivity contribution in [3.8, 4) is 0 Å². The number of aromatic amines is 1.